The van der Waals surface area contributed by atoms with Crippen LogP contribution in [0.1, 0.15) is 36.1 Å². The van der Waals surface area contributed by atoms with Crippen LogP contribution in [0.4, 0.5) is 0 Å². The Labute approximate surface area is 152 Å². The van der Waals surface area contributed by atoms with Crippen LogP contribution < -0.4 is 10.1 Å². The van der Waals surface area contributed by atoms with Gasteiger partial charge >= 0.3 is 0 Å². The van der Waals surface area contributed by atoms with Gasteiger partial charge < -0.3 is 14.6 Å². The Hall–Kier alpha value is -3.15. The Morgan fingerprint density at radius 1 is 1.08 bits per heavy atom. The van der Waals surface area contributed by atoms with Crippen LogP contribution in [0.2, 0.25) is 0 Å². The number of nitrogens with one attached hydrogen (secondary N) is 1. The fourth-order valence-electron chi connectivity index (χ4n) is 2.55. The minimum absolute atomic E-state index is 0.0845. The highest BCUT2D eigenvalue weighted by molar-refractivity contribution is 5.94. The zero-order valence-corrected chi connectivity index (χ0v) is 15.0. The summed E-state index contributed by atoms with van der Waals surface area (Å²) in [5, 5.41) is 7.01. The molecule has 1 heterocycles. The molecule has 0 spiro atoms. The largest absolute Gasteiger partial charge is 0.497 e. The minimum Gasteiger partial charge on any atom is -0.497 e. The maximum absolute atomic E-state index is 12.6. The summed E-state index contributed by atoms with van der Waals surface area (Å²) in [5.41, 5.74) is 1.41. The first-order valence-electron chi connectivity index (χ1n) is 8.42. The molecule has 1 atom stereocenters. The van der Waals surface area contributed by atoms with Gasteiger partial charge in [0, 0.05) is 11.1 Å². The lowest BCUT2D eigenvalue weighted by atomic mass is 10.0. The molecule has 1 N–H and O–H groups in total. The van der Waals surface area contributed by atoms with Crippen molar-refractivity contribution < 1.29 is 14.1 Å². The number of hydrogen-bond acceptors (Lipinski definition) is 5. The lowest BCUT2D eigenvalue weighted by molar-refractivity contribution is 0.0914. The number of aromatic nitrogens is 2. The van der Waals surface area contributed by atoms with Crippen LogP contribution in [-0.2, 0) is 0 Å². The lowest BCUT2D eigenvalue weighted by Crippen LogP contribution is -2.32. The minimum atomic E-state index is -0.380. The van der Waals surface area contributed by atoms with Crippen LogP contribution in [0, 0.1) is 5.92 Å². The molecule has 0 saturated heterocycles. The maximum Gasteiger partial charge on any atom is 0.251 e. The highest BCUT2D eigenvalue weighted by Crippen LogP contribution is 2.24. The molecule has 3 rings (SSSR count). The molecule has 0 aliphatic heterocycles. The summed E-state index contributed by atoms with van der Waals surface area (Å²) >= 11 is 0. The average molecular weight is 351 g/mol. The van der Waals surface area contributed by atoms with Gasteiger partial charge in [-0.15, -0.1) is 0 Å². The second-order valence-corrected chi connectivity index (χ2v) is 6.25. The van der Waals surface area contributed by atoms with E-state index in [9.17, 15) is 4.79 Å². The number of methoxy groups -OCH3 is 1. The van der Waals surface area contributed by atoms with E-state index in [1.54, 1.807) is 31.4 Å². The molecule has 0 radical (unpaired) electrons. The fraction of sp³-hybridized carbons (Fsp3) is 0.250. The zero-order valence-electron chi connectivity index (χ0n) is 15.0. The van der Waals surface area contributed by atoms with Gasteiger partial charge in [0.25, 0.3) is 5.91 Å². The first kappa shape index (κ1) is 17.7. The summed E-state index contributed by atoms with van der Waals surface area (Å²) in [6, 6.07) is 16.1. The highest BCUT2D eigenvalue weighted by Gasteiger charge is 2.25. The third-order valence-corrected chi connectivity index (χ3v) is 4.05. The van der Waals surface area contributed by atoms with E-state index in [4.69, 9.17) is 9.26 Å². The van der Waals surface area contributed by atoms with Crippen LogP contribution in [0.15, 0.2) is 59.1 Å². The van der Waals surface area contributed by atoms with Crippen LogP contribution in [0.5, 0.6) is 5.75 Å². The van der Waals surface area contributed by atoms with Gasteiger partial charge in [0.1, 0.15) is 11.8 Å². The number of amides is 1. The summed E-state index contributed by atoms with van der Waals surface area (Å²) in [7, 11) is 1.59. The molecule has 6 heteroatoms. The van der Waals surface area contributed by atoms with Gasteiger partial charge in [0.15, 0.2) is 0 Å². The van der Waals surface area contributed by atoms with E-state index in [1.807, 2.05) is 44.2 Å². The smallest absolute Gasteiger partial charge is 0.251 e. The standard InChI is InChI=1S/C20H21N3O3/c1-13(2)17(21-19(24)15-9-11-16(25-3)12-10-15)20-22-18(23-26-20)14-7-5-4-6-8-14/h4-13,17H,1-3H3,(H,21,24). The van der Waals surface area contributed by atoms with E-state index in [-0.39, 0.29) is 17.9 Å². The van der Waals surface area contributed by atoms with Crippen molar-refractivity contribution in [1.29, 1.82) is 0 Å². The Morgan fingerprint density at radius 2 is 1.77 bits per heavy atom. The van der Waals surface area contributed by atoms with Gasteiger partial charge in [-0.3, -0.25) is 4.79 Å². The van der Waals surface area contributed by atoms with Crippen molar-refractivity contribution in [3.05, 3.63) is 66.1 Å². The van der Waals surface area contributed by atoms with Gasteiger partial charge in [0.05, 0.1) is 7.11 Å². The van der Waals surface area contributed by atoms with Crippen molar-refractivity contribution in [2.24, 2.45) is 5.92 Å². The van der Waals surface area contributed by atoms with Crippen molar-refractivity contribution in [3.8, 4) is 17.1 Å². The number of carbonyl (C=O) groups is 1. The molecule has 0 aliphatic carbocycles. The van der Waals surface area contributed by atoms with Crippen molar-refractivity contribution in [2.75, 3.05) is 7.11 Å². The molecule has 0 aliphatic rings. The van der Waals surface area contributed by atoms with E-state index in [1.165, 1.54) is 0 Å². The van der Waals surface area contributed by atoms with E-state index in [0.717, 1.165) is 5.56 Å². The molecular formula is C20H21N3O3. The molecule has 1 aromatic heterocycles. The summed E-state index contributed by atoms with van der Waals surface area (Å²) in [4.78, 5) is 17.0. The Bertz CT molecular complexity index is 858. The van der Waals surface area contributed by atoms with Crippen molar-refractivity contribution in [2.45, 2.75) is 19.9 Å². The molecule has 1 amide bonds. The topological polar surface area (TPSA) is 77.2 Å². The second kappa shape index (κ2) is 7.82. The van der Waals surface area contributed by atoms with E-state index in [0.29, 0.717) is 23.0 Å². The third-order valence-electron chi connectivity index (χ3n) is 4.05. The van der Waals surface area contributed by atoms with E-state index >= 15 is 0 Å². The van der Waals surface area contributed by atoms with Crippen LogP contribution in [0.3, 0.4) is 0 Å². The third kappa shape index (κ3) is 3.91. The van der Waals surface area contributed by atoms with Gasteiger partial charge in [-0.2, -0.15) is 4.98 Å². The zero-order chi connectivity index (χ0) is 18.5. The monoisotopic (exact) mass is 351 g/mol. The summed E-state index contributed by atoms with van der Waals surface area (Å²) in [6.07, 6.45) is 0. The van der Waals surface area contributed by atoms with E-state index in [2.05, 4.69) is 15.5 Å². The maximum atomic E-state index is 12.6. The second-order valence-electron chi connectivity index (χ2n) is 6.25. The molecule has 6 nitrogen and oxygen atoms in total. The summed E-state index contributed by atoms with van der Waals surface area (Å²) in [5.74, 6) is 1.48. The number of nitrogens with zero attached hydrogens (tertiary/aromatic N) is 2. The van der Waals surface area contributed by atoms with E-state index < -0.39 is 0 Å². The molecule has 1 unspecified atom stereocenters. The average Bonchev–Trinajstić information content (AvgIpc) is 3.16. The molecule has 134 valence electrons. The number of benzene rings is 2. The summed E-state index contributed by atoms with van der Waals surface area (Å²) in [6.45, 7) is 3.98. The molecule has 0 saturated carbocycles. The van der Waals surface area contributed by atoms with Gasteiger partial charge in [-0.05, 0) is 30.2 Å². The number of ether oxygens (including phenoxy) is 1. The van der Waals surface area contributed by atoms with Crippen molar-refractivity contribution in [3.63, 3.8) is 0 Å². The number of carbonyl (C=O) groups excluding carboxylic acids is 1. The first-order valence-corrected chi connectivity index (χ1v) is 8.42. The lowest BCUT2D eigenvalue weighted by Gasteiger charge is -2.18. The van der Waals surface area contributed by atoms with Crippen LogP contribution in [0.25, 0.3) is 11.4 Å². The molecular weight excluding hydrogens is 330 g/mol. The van der Waals surface area contributed by atoms with Crippen LogP contribution >= 0.6 is 0 Å². The molecule has 2 aromatic carbocycles. The SMILES string of the molecule is COc1ccc(C(=O)NC(c2nc(-c3ccccc3)no2)C(C)C)cc1. The predicted octanol–water partition coefficient (Wildman–Crippen LogP) is 3.87. The van der Waals surface area contributed by atoms with Crippen molar-refractivity contribution in [1.82, 2.24) is 15.5 Å². The predicted molar refractivity (Wildman–Crippen MR) is 97.8 cm³/mol. The van der Waals surface area contributed by atoms with Crippen molar-refractivity contribution >= 4 is 5.91 Å². The van der Waals surface area contributed by atoms with Gasteiger partial charge in [0.2, 0.25) is 11.7 Å². The quantitative estimate of drug-likeness (QED) is 0.729. The Kier molecular flexibility index (Phi) is 5.31. The number of rotatable bonds is 6. The Morgan fingerprint density at radius 3 is 2.38 bits per heavy atom. The number of hydrogen-bond donors (Lipinski definition) is 1. The summed E-state index contributed by atoms with van der Waals surface area (Å²) < 4.78 is 10.5. The highest BCUT2D eigenvalue weighted by atomic mass is 16.5. The molecule has 26 heavy (non-hydrogen) atoms. The molecule has 3 aromatic rings. The fourth-order valence-corrected chi connectivity index (χ4v) is 2.55. The molecule has 0 bridgehead atoms. The first-order chi connectivity index (χ1) is 12.6. The molecule has 0 fully saturated rings. The van der Waals surface area contributed by atoms with Crippen LogP contribution in [-0.4, -0.2) is 23.2 Å². The van der Waals surface area contributed by atoms with Gasteiger partial charge in [-0.1, -0.05) is 49.3 Å². The normalized spacial score (nSPS) is 12.0. The van der Waals surface area contributed by atoms with Gasteiger partial charge in [-0.25, -0.2) is 0 Å². The Balaban J connectivity index is 1.79.